The summed E-state index contributed by atoms with van der Waals surface area (Å²) in [6, 6.07) is 41.2. The number of hydrogen-bond acceptors (Lipinski definition) is 24. The van der Waals surface area contributed by atoms with E-state index in [0.29, 0.717) is 96.6 Å². The number of halogens is 2. The number of rotatable bonds is 36. The summed E-state index contributed by atoms with van der Waals surface area (Å²) in [4.78, 5) is 124. The van der Waals surface area contributed by atoms with Gasteiger partial charge in [-0.1, -0.05) is 106 Å². The Morgan fingerprint density at radius 2 is 0.545 bits per heavy atom. The van der Waals surface area contributed by atoms with Crippen LogP contribution in [0.15, 0.2) is 171 Å². The van der Waals surface area contributed by atoms with E-state index >= 15 is 0 Å². The van der Waals surface area contributed by atoms with Gasteiger partial charge in [0.2, 0.25) is 0 Å². The highest BCUT2D eigenvalue weighted by Gasteiger charge is 2.53. The van der Waals surface area contributed by atoms with Crippen LogP contribution in [0.25, 0.3) is 43.1 Å². The van der Waals surface area contributed by atoms with Gasteiger partial charge < -0.3 is 66.3 Å². The predicted molar refractivity (Wildman–Crippen MR) is 418 cm³/mol. The third kappa shape index (κ3) is 23.4. The molecule has 0 N–H and O–H groups in total. The molecule has 588 valence electrons. The highest BCUT2D eigenvalue weighted by Crippen LogP contribution is 2.36. The molecule has 4 aliphatic rings. The molecule has 0 bridgehead atoms. The maximum Gasteiger partial charge on any atom is 0.338 e. The zero-order chi connectivity index (χ0) is 78.9. The van der Waals surface area contributed by atoms with Gasteiger partial charge in [0.25, 0.3) is 0 Å². The van der Waals surface area contributed by atoms with E-state index in [1.54, 1.807) is 146 Å². The van der Waals surface area contributed by atoms with Crippen LogP contribution < -0.4 is 18.9 Å². The summed E-state index contributed by atoms with van der Waals surface area (Å²) in [5.74, 6) is -2.76. The molecule has 8 atom stereocenters. The Labute approximate surface area is 663 Å². The van der Waals surface area contributed by atoms with Crippen molar-refractivity contribution in [2.24, 2.45) is 0 Å². The molecule has 4 fully saturated rings. The Kier molecular flexibility index (Phi) is 30.5. The van der Waals surface area contributed by atoms with E-state index in [0.717, 1.165) is 104 Å². The average Bonchev–Trinajstić information content (AvgIpc) is 1.48. The van der Waals surface area contributed by atoms with E-state index in [1.807, 2.05) is 0 Å². The van der Waals surface area contributed by atoms with E-state index in [2.05, 4.69) is 45.0 Å². The Morgan fingerprint density at radius 3 is 0.786 bits per heavy atom. The maximum absolute atomic E-state index is 13.2. The highest BCUT2D eigenvalue weighted by molar-refractivity contribution is 9.09. The fourth-order valence-corrected chi connectivity index (χ4v) is 13.9. The highest BCUT2D eigenvalue weighted by atomic mass is 79.9. The lowest BCUT2D eigenvalue weighted by molar-refractivity contribution is -0.138. The quantitative estimate of drug-likeness (QED) is 0.00879. The zero-order valence-electron chi connectivity index (χ0n) is 61.6. The first-order valence-corrected chi connectivity index (χ1v) is 39.6. The monoisotopic (exact) mass is 1660 g/mol. The van der Waals surface area contributed by atoms with Gasteiger partial charge in [-0.2, -0.15) is 0 Å². The summed E-state index contributed by atoms with van der Waals surface area (Å²) in [7, 11) is 0. The van der Waals surface area contributed by atoms with E-state index in [-0.39, 0.29) is 76.4 Å². The summed E-state index contributed by atoms with van der Waals surface area (Å²) in [5, 5.41) is 8.06. The van der Waals surface area contributed by atoms with Crippen molar-refractivity contribution < 1.29 is 114 Å². The van der Waals surface area contributed by atoms with Crippen LogP contribution in [0.3, 0.4) is 0 Å². The van der Waals surface area contributed by atoms with Gasteiger partial charge in [0, 0.05) is 48.5 Å². The molecular weight excluding hydrogens is 1580 g/mol. The molecule has 4 aliphatic heterocycles. The molecule has 0 saturated carbocycles. The van der Waals surface area contributed by atoms with Crippen LogP contribution in [0, 0.1) is 0 Å². The largest absolute Gasteiger partial charge is 0.463 e. The minimum absolute atomic E-state index is 0.0658. The summed E-state index contributed by atoms with van der Waals surface area (Å²) in [5.41, 5.74) is 1.34. The van der Waals surface area contributed by atoms with E-state index < -0.39 is 84.6 Å². The van der Waals surface area contributed by atoms with E-state index in [4.69, 9.17) is 66.3 Å². The molecule has 8 aromatic carbocycles. The van der Waals surface area contributed by atoms with E-state index in [1.165, 1.54) is 0 Å². The molecule has 12 rings (SSSR count). The second-order valence-electron chi connectivity index (χ2n) is 27.1. The lowest BCUT2D eigenvalue weighted by Crippen LogP contribution is -2.36. The first-order chi connectivity index (χ1) is 54.4. The fraction of sp³-hybridized carbons (Fsp3) is 0.372. The van der Waals surface area contributed by atoms with Gasteiger partial charge in [-0.05, 0) is 204 Å². The molecule has 112 heavy (non-hydrogen) atoms. The minimum atomic E-state index is -0.719. The molecule has 4 saturated heterocycles. The minimum Gasteiger partial charge on any atom is -0.463 e. The number of carbonyl (C=O) groups excluding carboxylic acids is 10. The van der Waals surface area contributed by atoms with Crippen LogP contribution >= 0.6 is 31.9 Å². The Morgan fingerprint density at radius 1 is 0.312 bits per heavy atom. The first-order valence-electron chi connectivity index (χ1n) is 37.4. The third-order valence-electron chi connectivity index (χ3n) is 19.0. The molecule has 26 heteroatoms. The number of benzene rings is 8. The first kappa shape index (κ1) is 82.7. The van der Waals surface area contributed by atoms with Gasteiger partial charge in [0.05, 0.1) is 61.9 Å². The molecule has 8 aromatic rings. The third-order valence-corrected chi connectivity index (χ3v) is 20.1. The second-order valence-corrected chi connectivity index (χ2v) is 28.7. The van der Waals surface area contributed by atoms with Gasteiger partial charge in [-0.3, -0.25) is 19.2 Å². The Balaban J connectivity index is 0.000000224. The van der Waals surface area contributed by atoms with Crippen molar-refractivity contribution in [3.63, 3.8) is 0 Å². The van der Waals surface area contributed by atoms with Crippen molar-refractivity contribution in [2.75, 3.05) is 50.3 Å². The molecule has 0 aromatic heterocycles. The van der Waals surface area contributed by atoms with Gasteiger partial charge >= 0.3 is 59.7 Å². The summed E-state index contributed by atoms with van der Waals surface area (Å²) >= 11 is 6.78. The van der Waals surface area contributed by atoms with Crippen molar-refractivity contribution in [3.8, 4) is 23.0 Å². The maximum atomic E-state index is 13.2. The van der Waals surface area contributed by atoms with Crippen molar-refractivity contribution in [2.45, 2.75) is 152 Å². The van der Waals surface area contributed by atoms with Gasteiger partial charge in [-0.25, -0.2) is 28.8 Å². The number of esters is 10. The lowest BCUT2D eigenvalue weighted by Gasteiger charge is -2.17. The summed E-state index contributed by atoms with van der Waals surface area (Å²) in [6.45, 7) is 7.57. The van der Waals surface area contributed by atoms with Crippen LogP contribution in [-0.4, -0.2) is 159 Å². The number of carbonyl (C=O) groups is 10. The lowest BCUT2D eigenvalue weighted by atomic mass is 10.1. The number of fused-ring (bicyclic) bond motifs is 6. The van der Waals surface area contributed by atoms with Crippen LogP contribution in [-0.2, 0) is 76.1 Å². The Bertz CT molecular complexity index is 4450. The van der Waals surface area contributed by atoms with Crippen molar-refractivity contribution in [1.29, 1.82) is 0 Å². The molecular formula is C86H86Br2O24. The van der Waals surface area contributed by atoms with E-state index in [9.17, 15) is 47.9 Å². The topological polar surface area (TPSA) is 300 Å². The number of unbranched alkanes of at least 4 members (excludes halogenated alkanes) is 8. The van der Waals surface area contributed by atoms with Crippen molar-refractivity contribution in [1.82, 2.24) is 0 Å². The molecule has 0 radical (unpaired) electrons. The zero-order valence-corrected chi connectivity index (χ0v) is 64.7. The smallest absolute Gasteiger partial charge is 0.338 e. The van der Waals surface area contributed by atoms with Crippen LogP contribution in [0.5, 0.6) is 23.0 Å². The van der Waals surface area contributed by atoms with Crippen LogP contribution in [0.4, 0.5) is 0 Å². The fourth-order valence-electron chi connectivity index (χ4n) is 13.1. The van der Waals surface area contributed by atoms with Gasteiger partial charge in [-0.15, -0.1) is 0 Å². The average molecular weight is 1660 g/mol. The summed E-state index contributed by atoms with van der Waals surface area (Å²) < 4.78 is 78.7. The second kappa shape index (κ2) is 41.3. The van der Waals surface area contributed by atoms with Crippen molar-refractivity contribution in [3.05, 3.63) is 193 Å². The molecule has 0 amide bonds. The predicted octanol–water partition coefficient (Wildman–Crippen LogP) is 15.2. The molecule has 24 nitrogen and oxygen atoms in total. The van der Waals surface area contributed by atoms with Crippen LogP contribution in [0.2, 0.25) is 0 Å². The number of alkyl halides is 2. The molecule has 0 aliphatic carbocycles. The van der Waals surface area contributed by atoms with Crippen molar-refractivity contribution >= 4 is 135 Å². The Hall–Kier alpha value is -10.2. The normalized spacial score (nSPS) is 18.6. The van der Waals surface area contributed by atoms with Gasteiger partial charge in [0.1, 0.15) is 47.4 Å². The molecule has 4 heterocycles. The number of hydrogen-bond donors (Lipinski definition) is 0. The van der Waals surface area contributed by atoms with Crippen LogP contribution in [0.1, 0.15) is 144 Å². The molecule has 0 unspecified atom stereocenters. The molecule has 0 spiro atoms. The summed E-state index contributed by atoms with van der Waals surface area (Å²) in [6.07, 6.45) is 7.54. The van der Waals surface area contributed by atoms with Gasteiger partial charge in [0.15, 0.2) is 24.4 Å². The standard InChI is InChI=1S/C46H46O14.C40H40Br2O10/c1-3-39(47)53-21-9-5-7-11-41(49)57-35-19-17-29-23-33(15-13-31(29)25-35)45(51)59-37-27-55-44-38(28-56-43(37)44)60-46(52)34-16-14-32-26-36(20-18-30(32)24-34)58-42(50)12-8-6-10-22-54-40(48)4-2;41-17-5-1-3-7-35(43)49-31-15-13-25-19-29(11-9-27(25)21-31)39(45)51-33-23-47-38-34(24-48-37(33)38)52-40(46)30-12-10-28-22-32(16-14-26(28)20-30)50-36(44)8-4-2-6-18-42/h3-4,13-20,23-26,37-38,43-44H,1-2,5-12,21-22,27-28H2;9-16,19-22,33-34,37-38H,1-8,17-18,23-24H2/t37-,38+,43-,44-;33-,34+,37-,38-/m11/s1. The number of ether oxygens (including phenoxy) is 14. The SMILES string of the molecule is C=CC(=O)OCCCCCC(=O)Oc1ccc2cc(C(=O)O[C@H]3CO[C@H]4[C@@H]3OC[C@H]4OC(=O)c3ccc4cc(OC(=O)CCCCCOC(=O)C=C)ccc4c3)ccc2c1.O=C(CCCCCBr)Oc1ccc2cc(C(=O)O[C@H]3CO[C@H]4[C@@H]3OC[C@H]4OC(=O)c3ccc4cc(OC(=O)CCCCCBr)ccc4c3)ccc2c1.